The van der Waals surface area contributed by atoms with E-state index >= 15 is 0 Å². The molecule has 4 aliphatic heterocycles. The molecule has 68 heavy (non-hydrogen) atoms. The molecule has 4 aliphatic rings. The molecule has 2 aromatic carbocycles. The molecule has 6 rings (SSSR count). The predicted octanol–water partition coefficient (Wildman–Crippen LogP) is -6.55. The van der Waals surface area contributed by atoms with E-state index in [0.717, 1.165) is 11.1 Å². The van der Waals surface area contributed by atoms with Crippen LogP contribution in [0.25, 0.3) is 0 Å². The van der Waals surface area contributed by atoms with E-state index in [-0.39, 0.29) is 32.7 Å². The molecule has 0 radical (unpaired) electrons. The van der Waals surface area contributed by atoms with E-state index in [1.165, 1.54) is 4.90 Å². The Bertz CT molecular complexity index is 1850. The zero-order chi connectivity index (χ0) is 49.7. The summed E-state index contributed by atoms with van der Waals surface area (Å²) < 4.78 is 34.3. The normalized spacial score (nSPS) is 41.5. The molecule has 4 fully saturated rings. The summed E-state index contributed by atoms with van der Waals surface area (Å²) in [5.74, 6) is 0. The Morgan fingerprint density at radius 2 is 1.07 bits per heavy atom. The molecular weight excluding hydrogens is 910 g/mol. The monoisotopic (exact) mass is 975 g/mol. The van der Waals surface area contributed by atoms with Gasteiger partial charge in [-0.05, 0) is 30.4 Å². The van der Waals surface area contributed by atoms with Gasteiger partial charge in [-0.15, -0.1) is 0 Å². The van der Waals surface area contributed by atoms with Crippen molar-refractivity contribution >= 4 is 6.09 Å². The Hall–Kier alpha value is -3.13. The SMILES string of the molecule is O=C(OCc1ccccc1)N(CCCCCO[C@H]1O[C@H](C(O)[C@H]2O[C@H](CO)[C@@H](O)[C@H](O)[C@@H]2O)[C@](O)([C@H]2O[C@H](CO)[C@@H](O)[C@H](O)[C@@H]2O)[C@@](O)([C@H]2O[C@H](CO)[C@@H](O)[C@H](O)[C@@H]2O)[C@@H]1O)Cc1ccccc1. The van der Waals surface area contributed by atoms with Crippen LogP contribution in [0.5, 0.6) is 0 Å². The number of hydrogen-bond donors (Lipinski definition) is 16. The fourth-order valence-electron chi connectivity index (χ4n) is 9.40. The number of carbonyl (C=O) groups excluding carboxylic acids is 1. The topological polar surface area (TPSA) is 399 Å². The van der Waals surface area contributed by atoms with Gasteiger partial charge in [-0.2, -0.15) is 0 Å². The molecule has 0 aromatic heterocycles. The van der Waals surface area contributed by atoms with Gasteiger partial charge in [0.15, 0.2) is 17.5 Å². The van der Waals surface area contributed by atoms with E-state index < -0.39 is 153 Å². The van der Waals surface area contributed by atoms with Crippen molar-refractivity contribution in [3.63, 3.8) is 0 Å². The van der Waals surface area contributed by atoms with Crippen molar-refractivity contribution in [2.75, 3.05) is 33.0 Å². The van der Waals surface area contributed by atoms with Crippen molar-refractivity contribution in [3.8, 4) is 0 Å². The van der Waals surface area contributed by atoms with Crippen molar-refractivity contribution in [2.24, 2.45) is 0 Å². The van der Waals surface area contributed by atoms with Gasteiger partial charge in [0.1, 0.15) is 116 Å². The predicted molar refractivity (Wildman–Crippen MR) is 225 cm³/mol. The van der Waals surface area contributed by atoms with Crippen molar-refractivity contribution < 1.29 is 115 Å². The smallest absolute Gasteiger partial charge is 0.410 e. The first-order valence-corrected chi connectivity index (χ1v) is 22.4. The highest BCUT2D eigenvalue weighted by atomic mass is 16.7. The van der Waals surface area contributed by atoms with Crippen LogP contribution in [-0.2, 0) is 41.6 Å². The van der Waals surface area contributed by atoms with Gasteiger partial charge in [-0.1, -0.05) is 60.7 Å². The van der Waals surface area contributed by atoms with Gasteiger partial charge in [0.05, 0.1) is 19.8 Å². The first-order valence-electron chi connectivity index (χ1n) is 22.4. The summed E-state index contributed by atoms with van der Waals surface area (Å²) in [5.41, 5.74) is -5.94. The second kappa shape index (κ2) is 23.4. The van der Waals surface area contributed by atoms with E-state index in [2.05, 4.69) is 0 Å². The maximum absolute atomic E-state index is 13.3. The summed E-state index contributed by atoms with van der Waals surface area (Å²) in [7, 11) is 0. The zero-order valence-electron chi connectivity index (χ0n) is 36.8. The van der Waals surface area contributed by atoms with Crippen LogP contribution < -0.4 is 0 Å². The number of rotatable bonds is 18. The van der Waals surface area contributed by atoms with Gasteiger partial charge in [0.25, 0.3) is 0 Å². The first-order chi connectivity index (χ1) is 32.4. The van der Waals surface area contributed by atoms with E-state index in [1.54, 1.807) is 12.1 Å². The van der Waals surface area contributed by atoms with Crippen molar-refractivity contribution in [1.82, 2.24) is 4.90 Å². The fourth-order valence-corrected chi connectivity index (χ4v) is 9.40. The third-order valence-electron chi connectivity index (χ3n) is 13.3. The number of aliphatic hydroxyl groups is 16. The molecule has 384 valence electrons. The van der Waals surface area contributed by atoms with Gasteiger partial charge in [-0.3, -0.25) is 0 Å². The highest BCUT2D eigenvalue weighted by Crippen LogP contribution is 2.51. The van der Waals surface area contributed by atoms with Crippen LogP contribution in [-0.4, -0.2) is 253 Å². The number of amides is 1. The molecule has 1 unspecified atom stereocenters. The van der Waals surface area contributed by atoms with Crippen LogP contribution in [0.1, 0.15) is 30.4 Å². The average Bonchev–Trinajstić information content (AvgIpc) is 3.34. The fraction of sp³-hybridized carbons (Fsp3) is 0.705. The largest absolute Gasteiger partial charge is 0.445 e. The van der Waals surface area contributed by atoms with Crippen LogP contribution in [0.3, 0.4) is 0 Å². The molecule has 0 bridgehead atoms. The summed E-state index contributed by atoms with van der Waals surface area (Å²) in [4.78, 5) is 14.8. The lowest BCUT2D eigenvalue weighted by Gasteiger charge is -2.64. The van der Waals surface area contributed by atoms with E-state index in [0.29, 0.717) is 12.8 Å². The number of unbranched alkanes of at least 4 members (excludes halogenated alkanes) is 2. The molecule has 0 aliphatic carbocycles. The molecule has 24 heteroatoms. The number of hydrogen-bond acceptors (Lipinski definition) is 23. The lowest BCUT2D eigenvalue weighted by Crippen LogP contribution is -2.88. The summed E-state index contributed by atoms with van der Waals surface area (Å²) in [6, 6.07) is 18.2. The van der Waals surface area contributed by atoms with Gasteiger partial charge in [-0.25, -0.2) is 4.79 Å². The summed E-state index contributed by atoms with van der Waals surface area (Å²) in [6.07, 6.45) is -43.5. The first kappa shape index (κ1) is 54.2. The Balaban J connectivity index is 1.30. The molecule has 2 aromatic rings. The molecule has 4 heterocycles. The van der Waals surface area contributed by atoms with E-state index in [4.69, 9.17) is 28.4 Å². The second-order valence-corrected chi connectivity index (χ2v) is 17.7. The molecule has 0 saturated carbocycles. The van der Waals surface area contributed by atoms with Crippen LogP contribution in [0.15, 0.2) is 60.7 Å². The molecule has 16 N–H and O–H groups in total. The molecule has 21 atom stereocenters. The minimum Gasteiger partial charge on any atom is -0.445 e. The third kappa shape index (κ3) is 10.7. The summed E-state index contributed by atoms with van der Waals surface area (Å²) >= 11 is 0. The number of carbonyl (C=O) groups is 1. The van der Waals surface area contributed by atoms with Crippen LogP contribution in [0, 0.1) is 0 Å². The Morgan fingerprint density at radius 1 is 0.588 bits per heavy atom. The number of ether oxygens (including phenoxy) is 6. The summed E-state index contributed by atoms with van der Waals surface area (Å²) in [6.45, 7) is -3.22. The molecular formula is C44H65NO23. The van der Waals surface area contributed by atoms with Gasteiger partial charge in [0, 0.05) is 19.7 Å². The van der Waals surface area contributed by atoms with E-state index in [9.17, 15) is 86.5 Å². The molecule has 1 amide bonds. The highest BCUT2D eigenvalue weighted by Gasteiger charge is 2.77. The molecule has 24 nitrogen and oxygen atoms in total. The lowest BCUT2D eigenvalue weighted by molar-refractivity contribution is -0.437. The van der Waals surface area contributed by atoms with Crippen molar-refractivity contribution in [3.05, 3.63) is 71.8 Å². The maximum Gasteiger partial charge on any atom is 0.410 e. The Labute approximate surface area is 389 Å². The Kier molecular flexibility index (Phi) is 18.7. The van der Waals surface area contributed by atoms with Crippen LogP contribution in [0.4, 0.5) is 4.79 Å². The van der Waals surface area contributed by atoms with Gasteiger partial charge < -0.3 is 115 Å². The minimum atomic E-state index is -3.79. The standard InChI is InChI=1S/C44H65NO23/c46-17-23-26(49)29(52)32(55)36(65-23)35(58)40-44(62,39-34(57)31(54)28(51)25(19-48)67-39)43(61,38-33(56)30(53)27(50)24(18-47)66-38)37(59)41(68-40)63-15-9-3-8-14-45(16-21-10-4-1-5-11-21)42(60)64-20-22-12-6-2-7-13-22/h1-2,4-7,10-13,23-41,46-59,61-62H,3,8-9,14-20H2/t23-,24-,25-,26-,27-,28-,29+,30+,31+,32+,33+,34+,35?,36+,37-,38+,39+,40-,41+,43+,44-/m1/s1. The quantitative estimate of drug-likeness (QED) is 0.0618. The van der Waals surface area contributed by atoms with Crippen LogP contribution in [0.2, 0.25) is 0 Å². The van der Waals surface area contributed by atoms with Gasteiger partial charge in [0.2, 0.25) is 0 Å². The third-order valence-corrected chi connectivity index (χ3v) is 13.3. The zero-order valence-corrected chi connectivity index (χ0v) is 36.8. The number of benzene rings is 2. The summed E-state index contributed by atoms with van der Waals surface area (Å²) in [5, 5.41) is 179. The highest BCUT2D eigenvalue weighted by molar-refractivity contribution is 5.67. The maximum atomic E-state index is 13.3. The Morgan fingerprint density at radius 3 is 1.60 bits per heavy atom. The minimum absolute atomic E-state index is 0.0234. The van der Waals surface area contributed by atoms with Crippen LogP contribution >= 0.6 is 0 Å². The molecule has 0 spiro atoms. The second-order valence-electron chi connectivity index (χ2n) is 17.7. The van der Waals surface area contributed by atoms with Crippen molar-refractivity contribution in [2.45, 2.75) is 160 Å². The van der Waals surface area contributed by atoms with Crippen molar-refractivity contribution in [1.29, 1.82) is 0 Å². The van der Waals surface area contributed by atoms with Gasteiger partial charge >= 0.3 is 6.09 Å². The number of aliphatic hydroxyl groups excluding tert-OH is 14. The molecule has 4 saturated heterocycles. The number of nitrogens with zero attached hydrogens (tertiary/aromatic N) is 1. The average molecular weight is 976 g/mol. The lowest BCUT2D eigenvalue weighted by atomic mass is 9.61. The van der Waals surface area contributed by atoms with E-state index in [1.807, 2.05) is 48.5 Å².